The topological polar surface area (TPSA) is 228 Å². The molecule has 0 amide bonds. The molecule has 0 atom stereocenters. The fraction of sp³-hybridized carbons (Fsp3) is 0.167. The summed E-state index contributed by atoms with van der Waals surface area (Å²) in [4.78, 5) is 37.3. The first kappa shape index (κ1) is 49.9. The molecule has 2 fully saturated rings. The number of rotatable bonds is 6. The molecule has 0 bridgehead atoms. The van der Waals surface area contributed by atoms with E-state index in [2.05, 4.69) is 36.9 Å². The predicted octanol–water partition coefficient (Wildman–Crippen LogP) is 0.545. The number of carbonyl (C=O) groups is 2. The van der Waals surface area contributed by atoms with Crippen molar-refractivity contribution in [2.24, 2.45) is 0 Å². The average Bonchev–Trinajstić information content (AvgIpc) is 4.18. The Kier molecular flexibility index (Phi) is 18.0. The summed E-state index contributed by atoms with van der Waals surface area (Å²) in [6.07, 6.45) is 3.81. The molecule has 9 rings (SSSR count). The van der Waals surface area contributed by atoms with Crippen LogP contribution in [0.1, 0.15) is 71.1 Å². The summed E-state index contributed by atoms with van der Waals surface area (Å²) in [6, 6.07) is 32.8. The number of aromatic nitrogens is 5. The van der Waals surface area contributed by atoms with Crippen LogP contribution in [0.4, 0.5) is 10.2 Å². The summed E-state index contributed by atoms with van der Waals surface area (Å²) in [5, 5.41) is 41.0. The van der Waals surface area contributed by atoms with E-state index in [1.165, 1.54) is 25.3 Å². The minimum Gasteiger partial charge on any atom is -1.00 e. The Hall–Kier alpha value is -3.77. The number of nitriles is 2. The fourth-order valence-corrected chi connectivity index (χ4v) is 7.11. The second-order valence-corrected chi connectivity index (χ2v) is 14.3. The Labute approximate surface area is 444 Å². The summed E-state index contributed by atoms with van der Waals surface area (Å²) >= 11 is 11.9. The molecule has 19 heteroatoms. The van der Waals surface area contributed by atoms with Crippen LogP contribution in [0.2, 0.25) is 10.0 Å². The number of nitrogens with two attached hydrogens (primary N) is 1. The second-order valence-electron chi connectivity index (χ2n) is 13.4. The van der Waals surface area contributed by atoms with Crippen LogP contribution in [0, 0.1) is 28.5 Å². The van der Waals surface area contributed by atoms with Gasteiger partial charge >= 0.3 is 109 Å². The number of halogens is 3. The van der Waals surface area contributed by atoms with Gasteiger partial charge in [0.25, 0.3) is 12.0 Å². The molecule has 0 aliphatic heterocycles. The Morgan fingerprint density at radius 2 is 1.43 bits per heavy atom. The molecule has 0 radical (unpaired) electrons. The molecular weight excluding hydrogens is 881 g/mol. The molecule has 300 valence electrons. The number of ether oxygens (including phenoxy) is 1. The first-order chi connectivity index (χ1) is 28.5. The van der Waals surface area contributed by atoms with Crippen molar-refractivity contribution in [3.63, 3.8) is 0 Å². The summed E-state index contributed by atoms with van der Waals surface area (Å²) in [7, 11) is 1.22. The van der Waals surface area contributed by atoms with Crippen LogP contribution in [0.25, 0.3) is 16.6 Å². The van der Waals surface area contributed by atoms with Crippen molar-refractivity contribution in [2.45, 2.75) is 36.5 Å². The van der Waals surface area contributed by atoms with E-state index in [1.807, 2.05) is 66.7 Å². The van der Waals surface area contributed by atoms with Crippen molar-refractivity contribution in [1.82, 2.24) is 24.8 Å². The van der Waals surface area contributed by atoms with Gasteiger partial charge in [0.05, 0.1) is 35.0 Å². The third-order valence-corrected chi connectivity index (χ3v) is 10.6. The molecule has 3 heterocycles. The number of nitrogen functional groups attached to an aromatic ring is 1. The smallest absolute Gasteiger partial charge is 1.00 e. The zero-order valence-corrected chi connectivity index (χ0v) is 40.8. The van der Waals surface area contributed by atoms with Gasteiger partial charge in [-0.25, -0.2) is 13.7 Å². The molecular formula is C42H33Cl2FK2N8O6. The number of nitrogens with zero attached hydrogens (tertiary/aromatic N) is 5. The van der Waals surface area contributed by atoms with Gasteiger partial charge in [-0.3, -0.25) is 14.7 Å². The number of methoxy groups -OCH3 is 1. The van der Waals surface area contributed by atoms with Crippen LogP contribution in [0.5, 0.6) is 0 Å². The Morgan fingerprint density at radius 1 is 0.902 bits per heavy atom. The number of benzene rings is 4. The Balaban J connectivity index is 0.000000249. The van der Waals surface area contributed by atoms with Gasteiger partial charge in [-0.2, -0.15) is 20.7 Å². The Morgan fingerprint density at radius 3 is 1.93 bits per heavy atom. The molecule has 3 aromatic heterocycles. The van der Waals surface area contributed by atoms with E-state index in [9.17, 15) is 19.2 Å². The van der Waals surface area contributed by atoms with Crippen LogP contribution >= 0.6 is 23.2 Å². The van der Waals surface area contributed by atoms with Gasteiger partial charge < -0.3 is 27.0 Å². The number of para-hydroxylation sites is 1. The standard InChI is InChI=1S/C20H13ClN4O.C13H11ClN4.C8H7FO2.CH2O3.2K.H/c21-13-7-5-12(6-8-13)20(9-10-20)17-15(11-22)18-23-19(26)14-3-1-2-4-16(14)25(18)24-17;14-9-3-1-8(2-4-9)13(5-6-13)11-10(7-15)12(16)18-17-11;1-11-8(10)6-4-2-3-5-7(6)9;2-1-4-3;;;/h1-8H,9-10H2,(H,23,26);1-4H,5-6H2,(H3,16,17,18);2-5H,1H3;1,3H;;;/q;;;;2*+1;-1/p-1. The van der Waals surface area contributed by atoms with Crippen LogP contribution < -0.4 is 119 Å². The monoisotopic (exact) mass is 912 g/mol. The number of fused-ring (bicyclic) bond motifs is 3. The SMILES string of the molecule is COC(=O)c1ccccc1F.N#Cc1c(C2(c3ccc(Cl)cc3)CC2)nn2c1[nH]c(=O)c1ccccc12.N#Cc1c(N)n[nH]c1C1(c2ccc(Cl)cc2)CC1.O=CO[O-].[H-].[K+].[K+]. The number of hydrogen-bond donors (Lipinski definition) is 3. The van der Waals surface area contributed by atoms with Crippen LogP contribution in [-0.4, -0.2) is 44.3 Å². The largest absolute Gasteiger partial charge is 1.00 e. The molecule has 4 N–H and O–H groups in total. The molecule has 4 aromatic carbocycles. The van der Waals surface area contributed by atoms with E-state index in [1.54, 1.807) is 16.6 Å². The third-order valence-electron chi connectivity index (χ3n) is 10.1. The van der Waals surface area contributed by atoms with Crippen molar-refractivity contribution in [2.75, 3.05) is 12.8 Å². The van der Waals surface area contributed by atoms with Crippen molar-refractivity contribution in [3.8, 4) is 12.1 Å². The van der Waals surface area contributed by atoms with Crippen molar-refractivity contribution in [1.29, 1.82) is 10.5 Å². The third kappa shape index (κ3) is 10.7. The molecule has 0 spiro atoms. The first-order valence-electron chi connectivity index (χ1n) is 17.7. The quantitative estimate of drug-likeness (QED) is 0.0686. The van der Waals surface area contributed by atoms with Gasteiger partial charge in [0.15, 0.2) is 11.5 Å². The number of aromatic amines is 2. The first-order valence-corrected chi connectivity index (χ1v) is 18.5. The molecule has 7 aromatic rings. The molecule has 0 saturated heterocycles. The summed E-state index contributed by atoms with van der Waals surface area (Å²) in [6.45, 7) is -0.181. The van der Waals surface area contributed by atoms with Gasteiger partial charge in [0.1, 0.15) is 29.1 Å². The zero-order valence-electron chi connectivity index (χ0n) is 34.0. The maximum atomic E-state index is 12.7. The van der Waals surface area contributed by atoms with E-state index in [-0.39, 0.29) is 138 Å². The van der Waals surface area contributed by atoms with Gasteiger partial charge in [-0.05, 0) is 85.3 Å². The summed E-state index contributed by atoms with van der Waals surface area (Å²) < 4.78 is 18.7. The molecule has 2 aliphatic carbocycles. The van der Waals surface area contributed by atoms with Gasteiger partial charge in [-0.15, -0.1) is 0 Å². The maximum Gasteiger partial charge on any atom is 1.00 e. The zero-order chi connectivity index (χ0) is 42.3. The number of hydrogen-bond acceptors (Lipinski definition) is 11. The normalized spacial score (nSPS) is 13.3. The van der Waals surface area contributed by atoms with Crippen LogP contribution in [0.3, 0.4) is 0 Å². The van der Waals surface area contributed by atoms with Crippen LogP contribution in [-0.2, 0) is 25.2 Å². The number of carbonyl (C=O) groups excluding carboxylic acids is 2. The predicted molar refractivity (Wildman–Crippen MR) is 215 cm³/mol. The molecule has 2 aliphatic rings. The van der Waals surface area contributed by atoms with Crippen molar-refractivity contribution < 1.29 is 133 Å². The average molecular weight is 914 g/mol. The summed E-state index contributed by atoms with van der Waals surface area (Å²) in [5.41, 5.74) is 10.8. The van der Waals surface area contributed by atoms with Crippen LogP contribution in [0.15, 0.2) is 102 Å². The minimum absolute atomic E-state index is 0. The van der Waals surface area contributed by atoms with Crippen molar-refractivity contribution in [3.05, 3.63) is 162 Å². The van der Waals surface area contributed by atoms with Gasteiger partial charge in [0.2, 0.25) is 0 Å². The van der Waals surface area contributed by atoms with E-state index >= 15 is 0 Å². The molecule has 61 heavy (non-hydrogen) atoms. The minimum atomic E-state index is -0.650. The molecule has 14 nitrogen and oxygen atoms in total. The van der Waals surface area contributed by atoms with Crippen molar-refractivity contribution >= 4 is 58.0 Å². The molecule has 0 unspecified atom stereocenters. The number of esters is 1. The number of nitrogens with one attached hydrogen (secondary N) is 2. The van der Waals surface area contributed by atoms with E-state index < -0.39 is 11.8 Å². The summed E-state index contributed by atoms with van der Waals surface area (Å²) in [5.74, 6) is -0.935. The molecule has 2 saturated carbocycles. The number of H-pyrrole nitrogens is 2. The Bertz CT molecular complexity index is 2820. The fourth-order valence-electron chi connectivity index (χ4n) is 6.86. The van der Waals surface area contributed by atoms with E-state index in [0.717, 1.165) is 42.5 Å². The van der Waals surface area contributed by atoms with E-state index in [0.29, 0.717) is 43.4 Å². The maximum absolute atomic E-state index is 12.7. The van der Waals surface area contributed by atoms with Gasteiger partial charge in [0, 0.05) is 20.9 Å². The van der Waals surface area contributed by atoms with E-state index in [4.69, 9.17) is 49.3 Å². The second kappa shape index (κ2) is 22.0. The van der Waals surface area contributed by atoms with Gasteiger partial charge in [-0.1, -0.05) is 71.7 Å². The number of anilines is 1.